The number of piperidine rings is 1. The highest BCUT2D eigenvalue weighted by Crippen LogP contribution is 2.39. The molecule has 3 fully saturated rings. The first-order valence-corrected chi connectivity index (χ1v) is 19.5. The van der Waals surface area contributed by atoms with E-state index in [0.717, 1.165) is 72.3 Å². The fourth-order valence-corrected chi connectivity index (χ4v) is 7.56. The number of nitrogens with two attached hydrogens (primary N) is 1. The lowest BCUT2D eigenvalue weighted by Crippen LogP contribution is -2.48. The molecule has 3 atom stereocenters. The number of benzene rings is 4. The number of anilines is 2. The largest absolute Gasteiger partial charge is 0.397 e. The predicted octanol–water partition coefficient (Wildman–Crippen LogP) is 6.63. The van der Waals surface area contributed by atoms with Crippen molar-refractivity contribution >= 4 is 23.2 Å². The number of nitrogen functional groups attached to an aromatic ring is 1. The van der Waals surface area contributed by atoms with Crippen LogP contribution in [0, 0.1) is 0 Å². The number of hydrogen-bond acceptors (Lipinski definition) is 9. The number of unbranched alkanes of at least 4 members (excludes halogenated alkanes) is 1. The van der Waals surface area contributed by atoms with Gasteiger partial charge in [0.1, 0.15) is 0 Å². The van der Waals surface area contributed by atoms with E-state index in [1.54, 1.807) is 12.1 Å². The van der Waals surface area contributed by atoms with Crippen molar-refractivity contribution in [3.05, 3.63) is 119 Å². The summed E-state index contributed by atoms with van der Waals surface area (Å²) in [6.45, 7) is 4.34. The Morgan fingerprint density at radius 2 is 1.49 bits per heavy atom. The van der Waals surface area contributed by atoms with Crippen LogP contribution in [-0.4, -0.2) is 66.6 Å². The van der Waals surface area contributed by atoms with Crippen LogP contribution in [-0.2, 0) is 41.7 Å². The Morgan fingerprint density at radius 3 is 2.22 bits per heavy atom. The zero-order valence-electron chi connectivity index (χ0n) is 31.3. The number of aliphatic hydroxyl groups excluding tert-OH is 1. The highest BCUT2D eigenvalue weighted by Gasteiger charge is 2.41. The molecule has 1 spiro atoms. The van der Waals surface area contributed by atoms with Crippen molar-refractivity contribution in [3.63, 3.8) is 0 Å². The van der Waals surface area contributed by atoms with E-state index in [1.807, 2.05) is 48.5 Å². The number of amides is 2. The molecule has 7 rings (SSSR count). The van der Waals surface area contributed by atoms with E-state index in [2.05, 4.69) is 51.9 Å². The maximum Gasteiger partial charge on any atom is 0.224 e. The minimum Gasteiger partial charge on any atom is -0.397 e. The van der Waals surface area contributed by atoms with Crippen LogP contribution >= 0.6 is 0 Å². The molecule has 5 N–H and O–H groups in total. The lowest BCUT2D eigenvalue weighted by atomic mass is 9.98. The molecule has 0 saturated carbocycles. The standard InChI is InChI=1S/C44H52N4O7/c45-38-8-1-2-9-39(38)47-42(51)11-4-3-10-41(50)46-28-32-6-5-7-36(26-32)33-16-18-35(19-17-33)43-54-37(27-40(55-43)34-14-12-31(30-49)13-15-34)29-48-22-20-44(21-23-48)52-24-25-53-44/h1-2,5-9,12-19,26,37,40,43,49H,3-4,10-11,20-25,27-30,45H2,(H,46,50)(H,47,51)/t37-,40+,43+/m0/s1. The Bertz CT molecular complexity index is 1870. The lowest BCUT2D eigenvalue weighted by Gasteiger charge is -2.41. The van der Waals surface area contributed by atoms with Gasteiger partial charge in [0, 0.05) is 63.8 Å². The molecule has 0 aliphatic carbocycles. The Morgan fingerprint density at radius 1 is 0.782 bits per heavy atom. The van der Waals surface area contributed by atoms with Gasteiger partial charge in [-0.05, 0) is 58.9 Å². The van der Waals surface area contributed by atoms with Gasteiger partial charge in [-0.2, -0.15) is 0 Å². The smallest absolute Gasteiger partial charge is 0.224 e. The van der Waals surface area contributed by atoms with Crippen LogP contribution in [0.4, 0.5) is 11.4 Å². The fourth-order valence-electron chi connectivity index (χ4n) is 7.56. The number of hydrogen-bond donors (Lipinski definition) is 4. The fraction of sp³-hybridized carbons (Fsp3) is 0.409. The summed E-state index contributed by atoms with van der Waals surface area (Å²) in [6, 6.07) is 31.6. The van der Waals surface area contributed by atoms with Crippen LogP contribution in [0.1, 0.15) is 79.6 Å². The second-order valence-corrected chi connectivity index (χ2v) is 14.7. The molecule has 3 aliphatic rings. The molecule has 11 heteroatoms. The van der Waals surface area contributed by atoms with E-state index in [1.165, 1.54) is 0 Å². The van der Waals surface area contributed by atoms with Crippen LogP contribution in [0.25, 0.3) is 11.1 Å². The van der Waals surface area contributed by atoms with Crippen molar-refractivity contribution in [2.24, 2.45) is 0 Å². The number of aliphatic hydroxyl groups is 1. The molecule has 290 valence electrons. The van der Waals surface area contributed by atoms with Crippen LogP contribution < -0.4 is 16.4 Å². The quantitative estimate of drug-likeness (QED) is 0.0826. The summed E-state index contributed by atoms with van der Waals surface area (Å²) in [7, 11) is 0. The molecular weight excluding hydrogens is 697 g/mol. The number of ether oxygens (including phenoxy) is 4. The van der Waals surface area contributed by atoms with Crippen molar-refractivity contribution in [2.45, 2.75) is 82.4 Å². The van der Waals surface area contributed by atoms with Gasteiger partial charge in [0.05, 0.1) is 43.4 Å². The number of carbonyl (C=O) groups excluding carboxylic acids is 2. The lowest BCUT2D eigenvalue weighted by molar-refractivity contribution is -0.255. The third-order valence-electron chi connectivity index (χ3n) is 10.7. The van der Waals surface area contributed by atoms with E-state index in [9.17, 15) is 14.7 Å². The maximum absolute atomic E-state index is 12.6. The van der Waals surface area contributed by atoms with Gasteiger partial charge in [-0.3, -0.25) is 9.59 Å². The van der Waals surface area contributed by atoms with Gasteiger partial charge in [-0.25, -0.2) is 0 Å². The van der Waals surface area contributed by atoms with Gasteiger partial charge in [-0.15, -0.1) is 0 Å². The molecule has 4 aromatic rings. The average Bonchev–Trinajstić information content (AvgIpc) is 3.68. The van der Waals surface area contributed by atoms with E-state index >= 15 is 0 Å². The zero-order valence-corrected chi connectivity index (χ0v) is 31.3. The second-order valence-electron chi connectivity index (χ2n) is 14.7. The second kappa shape index (κ2) is 18.3. The molecule has 4 aromatic carbocycles. The summed E-state index contributed by atoms with van der Waals surface area (Å²) in [5.74, 6) is -0.571. The first kappa shape index (κ1) is 38.6. The minimum absolute atomic E-state index is 0.00347. The average molecular weight is 749 g/mol. The van der Waals surface area contributed by atoms with Gasteiger partial charge < -0.3 is 45.3 Å². The molecule has 3 heterocycles. The molecule has 3 aliphatic heterocycles. The number of para-hydroxylation sites is 2. The van der Waals surface area contributed by atoms with Crippen molar-refractivity contribution in [1.29, 1.82) is 0 Å². The monoisotopic (exact) mass is 748 g/mol. The van der Waals surface area contributed by atoms with Gasteiger partial charge in [0.15, 0.2) is 12.1 Å². The van der Waals surface area contributed by atoms with E-state index in [0.29, 0.717) is 56.8 Å². The number of likely N-dealkylation sites (tertiary alicyclic amines) is 1. The van der Waals surface area contributed by atoms with E-state index < -0.39 is 12.1 Å². The highest BCUT2D eigenvalue weighted by molar-refractivity contribution is 5.93. The molecule has 2 amide bonds. The van der Waals surface area contributed by atoms with Gasteiger partial charge in [-0.1, -0.05) is 78.9 Å². The molecule has 0 aromatic heterocycles. The Hall–Kier alpha value is -4.62. The summed E-state index contributed by atoms with van der Waals surface area (Å²) >= 11 is 0. The van der Waals surface area contributed by atoms with Gasteiger partial charge in [0.25, 0.3) is 0 Å². The highest BCUT2D eigenvalue weighted by atomic mass is 16.7. The number of nitrogens with zero attached hydrogens (tertiary/aromatic N) is 1. The first-order chi connectivity index (χ1) is 26.8. The number of carbonyl (C=O) groups is 2. The SMILES string of the molecule is Nc1ccccc1NC(=O)CCCCC(=O)NCc1cccc(-c2ccc([C@@H]3O[C@H](CN4CCC5(CC4)OCCO5)C[C@H](c4ccc(CO)cc4)O3)cc2)c1. The van der Waals surface area contributed by atoms with Crippen LogP contribution in [0.15, 0.2) is 97.1 Å². The third-order valence-corrected chi connectivity index (χ3v) is 10.7. The van der Waals surface area contributed by atoms with Crippen LogP contribution in [0.5, 0.6) is 0 Å². The number of rotatable bonds is 14. The minimum atomic E-state index is -0.536. The van der Waals surface area contributed by atoms with Crippen LogP contribution in [0.2, 0.25) is 0 Å². The Labute approximate surface area is 323 Å². The Balaban J connectivity index is 0.922. The summed E-state index contributed by atoms with van der Waals surface area (Å²) < 4.78 is 25.2. The molecular formula is C44H52N4O7. The molecule has 0 unspecified atom stereocenters. The van der Waals surface area contributed by atoms with Crippen molar-refractivity contribution in [3.8, 4) is 11.1 Å². The molecule has 0 radical (unpaired) electrons. The Kier molecular flexibility index (Phi) is 12.9. The van der Waals surface area contributed by atoms with Crippen molar-refractivity contribution < 1.29 is 33.6 Å². The van der Waals surface area contributed by atoms with Crippen molar-refractivity contribution in [2.75, 3.05) is 43.9 Å². The molecule has 55 heavy (non-hydrogen) atoms. The first-order valence-electron chi connectivity index (χ1n) is 19.5. The van der Waals surface area contributed by atoms with E-state index in [-0.39, 0.29) is 30.6 Å². The van der Waals surface area contributed by atoms with Gasteiger partial charge in [0.2, 0.25) is 11.8 Å². The summed E-state index contributed by atoms with van der Waals surface area (Å²) in [5, 5.41) is 15.4. The van der Waals surface area contributed by atoms with Crippen LogP contribution in [0.3, 0.4) is 0 Å². The predicted molar refractivity (Wildman–Crippen MR) is 210 cm³/mol. The van der Waals surface area contributed by atoms with E-state index in [4.69, 9.17) is 24.7 Å². The maximum atomic E-state index is 12.6. The summed E-state index contributed by atoms with van der Waals surface area (Å²) in [5.41, 5.74) is 13.0. The van der Waals surface area contributed by atoms with Gasteiger partial charge >= 0.3 is 0 Å². The third kappa shape index (κ3) is 10.4. The topological polar surface area (TPSA) is 145 Å². The normalized spacial score (nSPS) is 21.0. The number of nitrogens with one attached hydrogen (secondary N) is 2. The summed E-state index contributed by atoms with van der Waals surface area (Å²) in [4.78, 5) is 27.3. The summed E-state index contributed by atoms with van der Waals surface area (Å²) in [6.07, 6.45) is 3.62. The van der Waals surface area contributed by atoms with Crippen molar-refractivity contribution in [1.82, 2.24) is 10.2 Å². The molecule has 3 saturated heterocycles. The molecule has 11 nitrogen and oxygen atoms in total. The molecule has 0 bridgehead atoms. The zero-order chi connectivity index (χ0) is 38.0.